The third kappa shape index (κ3) is 1.89. The first-order chi connectivity index (χ1) is 8.10. The molecule has 0 heterocycles. The van der Waals surface area contributed by atoms with Gasteiger partial charge in [-0.05, 0) is 55.8 Å². The van der Waals surface area contributed by atoms with Crippen LogP contribution in [0.4, 0.5) is 0 Å². The maximum Gasteiger partial charge on any atom is 0.154 e. The monoisotopic (exact) mass is 253 g/mol. The van der Waals surface area contributed by atoms with Crippen LogP contribution in [-0.4, -0.2) is 19.4 Å². The lowest BCUT2D eigenvalue weighted by Crippen LogP contribution is -2.52. The molecule has 0 N–H and O–H groups in total. The number of hydrogen-bond acceptors (Lipinski definition) is 3. The first-order valence-corrected chi connectivity index (χ1v) is 8.40. The van der Waals surface area contributed by atoms with Crippen molar-refractivity contribution in [1.29, 1.82) is 5.26 Å². The summed E-state index contributed by atoms with van der Waals surface area (Å²) in [5.41, 5.74) is 0. The number of nitriles is 1. The predicted octanol–water partition coefficient (Wildman–Crippen LogP) is 2.14. The average molecular weight is 253 g/mol. The molecule has 3 nitrogen and oxygen atoms in total. The predicted molar refractivity (Wildman–Crippen MR) is 64.8 cm³/mol. The van der Waals surface area contributed by atoms with Gasteiger partial charge in [-0.3, -0.25) is 0 Å². The maximum atomic E-state index is 12.3. The van der Waals surface area contributed by atoms with Crippen molar-refractivity contribution in [3.05, 3.63) is 0 Å². The normalized spacial score (nSPS) is 43.6. The van der Waals surface area contributed by atoms with E-state index in [0.717, 1.165) is 37.5 Å². The molecule has 4 aliphatic rings. The van der Waals surface area contributed by atoms with Crippen molar-refractivity contribution in [3.63, 3.8) is 0 Å². The first-order valence-electron chi connectivity index (χ1n) is 6.68. The summed E-state index contributed by atoms with van der Waals surface area (Å²) in [6.45, 7) is 0. The van der Waals surface area contributed by atoms with Gasteiger partial charge in [-0.1, -0.05) is 0 Å². The van der Waals surface area contributed by atoms with E-state index in [1.807, 2.05) is 6.07 Å². The molecule has 94 valence electrons. The molecule has 4 aliphatic carbocycles. The van der Waals surface area contributed by atoms with Gasteiger partial charge in [0.1, 0.15) is 0 Å². The molecule has 4 saturated carbocycles. The molecule has 0 saturated heterocycles. The summed E-state index contributed by atoms with van der Waals surface area (Å²) < 4.78 is 24.7. The smallest absolute Gasteiger partial charge is 0.154 e. The Hall–Kier alpha value is -0.560. The van der Waals surface area contributed by atoms with Gasteiger partial charge in [-0.2, -0.15) is 5.26 Å². The molecule has 17 heavy (non-hydrogen) atoms. The summed E-state index contributed by atoms with van der Waals surface area (Å²) in [4.78, 5) is 0. The Morgan fingerprint density at radius 3 is 2.00 bits per heavy atom. The van der Waals surface area contributed by atoms with Crippen LogP contribution in [0, 0.1) is 35.0 Å². The largest absolute Gasteiger partial charge is 0.228 e. The van der Waals surface area contributed by atoms with E-state index in [9.17, 15) is 8.42 Å². The second-order valence-corrected chi connectivity index (χ2v) is 8.45. The molecule has 4 rings (SSSR count). The Morgan fingerprint density at radius 2 is 1.53 bits per heavy atom. The zero-order chi connectivity index (χ0) is 12.0. The lowest BCUT2D eigenvalue weighted by Gasteiger charge is -2.53. The van der Waals surface area contributed by atoms with Gasteiger partial charge in [-0.15, -0.1) is 0 Å². The van der Waals surface area contributed by atoms with Gasteiger partial charge in [0.2, 0.25) is 0 Å². The summed E-state index contributed by atoms with van der Waals surface area (Å²) in [6, 6.07) is 1.97. The molecule has 0 radical (unpaired) electrons. The molecular formula is C13H19NO2S. The number of nitrogens with zero attached hydrogens (tertiary/aromatic N) is 1. The highest BCUT2D eigenvalue weighted by Crippen LogP contribution is 2.55. The van der Waals surface area contributed by atoms with Crippen molar-refractivity contribution in [1.82, 2.24) is 0 Å². The van der Waals surface area contributed by atoms with Gasteiger partial charge >= 0.3 is 0 Å². The summed E-state index contributed by atoms with van der Waals surface area (Å²) >= 11 is 0. The van der Waals surface area contributed by atoms with E-state index in [0.29, 0.717) is 11.8 Å². The average Bonchev–Trinajstić information content (AvgIpc) is 2.24. The van der Waals surface area contributed by atoms with Crippen LogP contribution in [0.25, 0.3) is 0 Å². The standard InChI is InChI=1S/C13H19NO2S/c14-2-1-3-17(15,16)13-11-5-9-4-10(7-11)8-12(13)6-9/h9-13H,1,3-8H2. The maximum absolute atomic E-state index is 12.3. The molecule has 0 unspecified atom stereocenters. The van der Waals surface area contributed by atoms with Crippen molar-refractivity contribution in [3.8, 4) is 6.07 Å². The Balaban J connectivity index is 1.82. The number of rotatable bonds is 3. The highest BCUT2D eigenvalue weighted by atomic mass is 32.2. The Labute approximate surface area is 103 Å². The molecular weight excluding hydrogens is 234 g/mol. The lowest BCUT2D eigenvalue weighted by molar-refractivity contribution is 0.0238. The van der Waals surface area contributed by atoms with Crippen molar-refractivity contribution in [2.24, 2.45) is 23.7 Å². The number of hydrogen-bond donors (Lipinski definition) is 0. The first kappa shape index (κ1) is 11.5. The van der Waals surface area contributed by atoms with E-state index in [-0.39, 0.29) is 17.4 Å². The third-order valence-electron chi connectivity index (χ3n) is 5.05. The van der Waals surface area contributed by atoms with Crippen molar-refractivity contribution in [2.45, 2.75) is 43.8 Å². The van der Waals surface area contributed by atoms with Crippen LogP contribution in [0.5, 0.6) is 0 Å². The zero-order valence-electron chi connectivity index (χ0n) is 10.0. The van der Waals surface area contributed by atoms with Gasteiger partial charge in [-0.25, -0.2) is 8.42 Å². The fourth-order valence-corrected chi connectivity index (χ4v) is 7.05. The minimum Gasteiger partial charge on any atom is -0.228 e. The highest BCUT2D eigenvalue weighted by molar-refractivity contribution is 7.92. The zero-order valence-corrected chi connectivity index (χ0v) is 10.8. The summed E-state index contributed by atoms with van der Waals surface area (Å²) in [6.07, 6.45) is 6.02. The van der Waals surface area contributed by atoms with E-state index < -0.39 is 9.84 Å². The van der Waals surface area contributed by atoms with Gasteiger partial charge in [0, 0.05) is 6.42 Å². The molecule has 4 heteroatoms. The van der Waals surface area contributed by atoms with Crippen LogP contribution < -0.4 is 0 Å². The number of sulfone groups is 1. The molecule has 0 aromatic rings. The van der Waals surface area contributed by atoms with Crippen molar-refractivity contribution >= 4 is 9.84 Å². The van der Waals surface area contributed by atoms with Gasteiger partial charge in [0.15, 0.2) is 9.84 Å². The van der Waals surface area contributed by atoms with Crippen LogP contribution >= 0.6 is 0 Å². The van der Waals surface area contributed by atoms with Crippen LogP contribution in [0.15, 0.2) is 0 Å². The van der Waals surface area contributed by atoms with E-state index >= 15 is 0 Å². The van der Waals surface area contributed by atoms with Gasteiger partial charge < -0.3 is 0 Å². The van der Waals surface area contributed by atoms with Crippen LogP contribution in [0.3, 0.4) is 0 Å². The molecule has 0 atom stereocenters. The Kier molecular flexibility index (Phi) is 2.70. The molecule has 0 aromatic carbocycles. The second-order valence-electron chi connectivity index (χ2n) is 6.17. The van der Waals surface area contributed by atoms with E-state index in [4.69, 9.17) is 5.26 Å². The van der Waals surface area contributed by atoms with Crippen LogP contribution in [-0.2, 0) is 9.84 Å². The van der Waals surface area contributed by atoms with E-state index in [2.05, 4.69) is 0 Å². The minimum absolute atomic E-state index is 0.0799. The molecule has 0 aromatic heterocycles. The molecule has 4 bridgehead atoms. The van der Waals surface area contributed by atoms with Crippen LogP contribution in [0.1, 0.15) is 38.5 Å². The Morgan fingerprint density at radius 1 is 1.00 bits per heavy atom. The summed E-state index contributed by atoms with van der Waals surface area (Å²) in [5, 5.41) is 8.46. The third-order valence-corrected chi connectivity index (χ3v) is 7.43. The van der Waals surface area contributed by atoms with Gasteiger partial charge in [0.05, 0.1) is 17.1 Å². The Bertz CT molecular complexity index is 421. The SMILES string of the molecule is N#CCCS(=O)(=O)C1C2CC3CC(C2)CC1C3. The van der Waals surface area contributed by atoms with E-state index in [1.54, 1.807) is 0 Å². The second kappa shape index (κ2) is 3.98. The quantitative estimate of drug-likeness (QED) is 0.774. The van der Waals surface area contributed by atoms with E-state index in [1.165, 1.54) is 6.42 Å². The van der Waals surface area contributed by atoms with Crippen molar-refractivity contribution < 1.29 is 8.42 Å². The fraction of sp³-hybridized carbons (Fsp3) is 0.923. The van der Waals surface area contributed by atoms with Crippen LogP contribution in [0.2, 0.25) is 0 Å². The molecule has 0 aliphatic heterocycles. The highest BCUT2D eigenvalue weighted by Gasteiger charge is 2.52. The molecule has 0 spiro atoms. The topological polar surface area (TPSA) is 57.9 Å². The molecule has 0 amide bonds. The summed E-state index contributed by atoms with van der Waals surface area (Å²) in [7, 11) is -3.03. The lowest BCUT2D eigenvalue weighted by atomic mass is 9.56. The minimum atomic E-state index is -3.03. The molecule has 4 fully saturated rings. The fourth-order valence-electron chi connectivity index (χ4n) is 4.79. The van der Waals surface area contributed by atoms with Crippen molar-refractivity contribution in [2.75, 3.05) is 5.75 Å². The van der Waals surface area contributed by atoms with Gasteiger partial charge in [0.25, 0.3) is 0 Å². The summed E-state index contributed by atoms with van der Waals surface area (Å²) in [5.74, 6) is 2.51.